The Morgan fingerprint density at radius 1 is 1.33 bits per heavy atom. The van der Waals surface area contributed by atoms with E-state index >= 15 is 0 Å². The van der Waals surface area contributed by atoms with E-state index in [1.54, 1.807) is 11.3 Å². The van der Waals surface area contributed by atoms with Crippen molar-refractivity contribution in [3.8, 4) is 0 Å². The number of halogens is 1. The molecule has 0 fully saturated rings. The number of ether oxygens (including phenoxy) is 1. The fraction of sp³-hybridized carbons (Fsp3) is 0.500. The van der Waals surface area contributed by atoms with Crippen LogP contribution in [0.5, 0.6) is 0 Å². The van der Waals surface area contributed by atoms with E-state index in [1.165, 1.54) is 0 Å². The molecule has 1 heterocycles. The summed E-state index contributed by atoms with van der Waals surface area (Å²) in [4.78, 5) is 2.29. The van der Waals surface area contributed by atoms with Gasteiger partial charge in [-0.1, -0.05) is 25.4 Å². The lowest BCUT2D eigenvalue weighted by Crippen LogP contribution is -2.27. The van der Waals surface area contributed by atoms with Crippen molar-refractivity contribution < 1.29 is 9.84 Å². The molecule has 2 rings (SSSR count). The van der Waals surface area contributed by atoms with Gasteiger partial charge in [0.25, 0.3) is 0 Å². The molecule has 0 aliphatic heterocycles. The van der Waals surface area contributed by atoms with Gasteiger partial charge in [-0.2, -0.15) is 0 Å². The molecule has 0 spiro atoms. The Balaban J connectivity index is 1.89. The zero-order chi connectivity index (χ0) is 15.2. The van der Waals surface area contributed by atoms with Gasteiger partial charge in [-0.3, -0.25) is 0 Å². The fourth-order valence-electron chi connectivity index (χ4n) is 2.28. The van der Waals surface area contributed by atoms with Crippen molar-refractivity contribution in [2.45, 2.75) is 20.0 Å². The van der Waals surface area contributed by atoms with E-state index in [-0.39, 0.29) is 6.61 Å². The van der Waals surface area contributed by atoms with E-state index in [2.05, 4.69) is 18.7 Å². The Bertz CT molecular complexity index is 568. The Morgan fingerprint density at radius 2 is 2.10 bits per heavy atom. The predicted molar refractivity (Wildman–Crippen MR) is 90.4 cm³/mol. The van der Waals surface area contributed by atoms with Crippen LogP contribution in [0.1, 0.15) is 25.5 Å². The van der Waals surface area contributed by atoms with Crippen LogP contribution in [0, 0.1) is 0 Å². The molecule has 21 heavy (non-hydrogen) atoms. The molecule has 0 amide bonds. The molecule has 0 aliphatic rings. The van der Waals surface area contributed by atoms with Crippen molar-refractivity contribution in [2.75, 3.05) is 32.8 Å². The smallest absolute Gasteiger partial charge is 0.104 e. The molecule has 0 bridgehead atoms. The SMILES string of the molecule is CCN(CC)CCOCC(O)c1cc2ccsc2cc1Cl. The van der Waals surface area contributed by atoms with Crippen LogP contribution in [0.15, 0.2) is 23.6 Å². The van der Waals surface area contributed by atoms with Gasteiger partial charge in [-0.05, 0) is 42.1 Å². The van der Waals surface area contributed by atoms with Crippen LogP contribution in [0.25, 0.3) is 10.1 Å². The summed E-state index contributed by atoms with van der Waals surface area (Å²) in [6.45, 7) is 8.08. The molecule has 0 saturated heterocycles. The van der Waals surface area contributed by atoms with Gasteiger partial charge in [0, 0.05) is 21.8 Å². The third kappa shape index (κ3) is 4.41. The first kappa shape index (κ1) is 16.7. The van der Waals surface area contributed by atoms with Gasteiger partial charge in [-0.15, -0.1) is 11.3 Å². The predicted octanol–water partition coefficient (Wildman–Crippen LogP) is 3.95. The number of aliphatic hydroxyl groups excluding tert-OH is 1. The minimum atomic E-state index is -0.682. The Morgan fingerprint density at radius 3 is 2.81 bits per heavy atom. The molecular weight excluding hydrogens is 306 g/mol. The molecule has 1 aromatic carbocycles. The van der Waals surface area contributed by atoms with Crippen LogP contribution < -0.4 is 0 Å². The van der Waals surface area contributed by atoms with Gasteiger partial charge in [0.2, 0.25) is 0 Å². The topological polar surface area (TPSA) is 32.7 Å². The number of fused-ring (bicyclic) bond motifs is 1. The van der Waals surface area contributed by atoms with E-state index in [9.17, 15) is 5.11 Å². The number of aliphatic hydroxyl groups is 1. The quantitative estimate of drug-likeness (QED) is 0.745. The number of thiophene rings is 1. The highest BCUT2D eigenvalue weighted by Crippen LogP contribution is 2.31. The zero-order valence-electron chi connectivity index (χ0n) is 12.5. The van der Waals surface area contributed by atoms with Gasteiger partial charge in [-0.25, -0.2) is 0 Å². The molecular formula is C16H22ClNO2S. The van der Waals surface area contributed by atoms with Gasteiger partial charge < -0.3 is 14.7 Å². The number of nitrogens with zero attached hydrogens (tertiary/aromatic N) is 1. The average molecular weight is 328 g/mol. The zero-order valence-corrected chi connectivity index (χ0v) is 14.1. The number of benzene rings is 1. The number of hydrogen-bond acceptors (Lipinski definition) is 4. The van der Waals surface area contributed by atoms with Gasteiger partial charge in [0.1, 0.15) is 6.10 Å². The summed E-state index contributed by atoms with van der Waals surface area (Å²) in [6, 6.07) is 5.90. The highest BCUT2D eigenvalue weighted by atomic mass is 35.5. The summed E-state index contributed by atoms with van der Waals surface area (Å²) in [5.41, 5.74) is 0.741. The standard InChI is InChI=1S/C16H22ClNO2S/c1-3-18(4-2)6-7-20-11-15(19)13-9-12-5-8-21-16(12)10-14(13)17/h5,8-10,15,19H,3-4,6-7,11H2,1-2H3. The Labute approximate surface area is 135 Å². The molecule has 0 saturated carbocycles. The molecule has 2 aromatic rings. The van der Waals surface area contributed by atoms with Crippen LogP contribution in [-0.4, -0.2) is 42.9 Å². The maximum absolute atomic E-state index is 10.3. The van der Waals surface area contributed by atoms with Crippen molar-refractivity contribution in [2.24, 2.45) is 0 Å². The summed E-state index contributed by atoms with van der Waals surface area (Å²) >= 11 is 7.89. The summed E-state index contributed by atoms with van der Waals surface area (Å²) in [7, 11) is 0. The first-order valence-corrected chi connectivity index (χ1v) is 8.56. The van der Waals surface area contributed by atoms with Crippen molar-refractivity contribution in [3.63, 3.8) is 0 Å². The lowest BCUT2D eigenvalue weighted by molar-refractivity contribution is 0.0275. The maximum atomic E-state index is 10.3. The van der Waals surface area contributed by atoms with E-state index in [1.807, 2.05) is 23.6 Å². The number of likely N-dealkylation sites (N-methyl/N-ethyl adjacent to an activating group) is 1. The van der Waals surface area contributed by atoms with Gasteiger partial charge in [0.05, 0.1) is 13.2 Å². The van der Waals surface area contributed by atoms with Crippen molar-refractivity contribution >= 4 is 33.0 Å². The molecule has 1 atom stereocenters. The number of hydrogen-bond donors (Lipinski definition) is 1. The molecule has 1 N–H and O–H groups in total. The van der Waals surface area contributed by atoms with Crippen LogP contribution in [0.3, 0.4) is 0 Å². The van der Waals surface area contributed by atoms with Crippen LogP contribution in [0.4, 0.5) is 0 Å². The van der Waals surface area contributed by atoms with Crippen LogP contribution in [0.2, 0.25) is 5.02 Å². The van der Waals surface area contributed by atoms with E-state index in [0.29, 0.717) is 11.6 Å². The molecule has 0 radical (unpaired) electrons. The van der Waals surface area contributed by atoms with Gasteiger partial charge >= 0.3 is 0 Å². The first-order valence-electron chi connectivity index (χ1n) is 7.30. The van der Waals surface area contributed by atoms with E-state index in [0.717, 1.165) is 35.3 Å². The van der Waals surface area contributed by atoms with Crippen LogP contribution >= 0.6 is 22.9 Å². The van der Waals surface area contributed by atoms with Gasteiger partial charge in [0.15, 0.2) is 0 Å². The second-order valence-electron chi connectivity index (χ2n) is 4.95. The molecule has 3 nitrogen and oxygen atoms in total. The second-order valence-corrected chi connectivity index (χ2v) is 6.30. The minimum Gasteiger partial charge on any atom is -0.386 e. The summed E-state index contributed by atoms with van der Waals surface area (Å²) in [5, 5.41) is 14.0. The monoisotopic (exact) mass is 327 g/mol. The molecule has 1 unspecified atom stereocenters. The Hall–Kier alpha value is -0.650. The van der Waals surface area contributed by atoms with Crippen molar-refractivity contribution in [3.05, 3.63) is 34.2 Å². The third-order valence-corrected chi connectivity index (χ3v) is 4.86. The summed E-state index contributed by atoms with van der Waals surface area (Å²) < 4.78 is 6.72. The summed E-state index contributed by atoms with van der Waals surface area (Å²) in [6.07, 6.45) is -0.682. The number of rotatable bonds is 8. The first-order chi connectivity index (χ1) is 10.2. The fourth-order valence-corrected chi connectivity index (χ4v) is 3.44. The van der Waals surface area contributed by atoms with Crippen molar-refractivity contribution in [1.29, 1.82) is 0 Å². The minimum absolute atomic E-state index is 0.274. The molecule has 5 heteroatoms. The maximum Gasteiger partial charge on any atom is 0.104 e. The third-order valence-electron chi connectivity index (χ3n) is 3.65. The lowest BCUT2D eigenvalue weighted by Gasteiger charge is -2.19. The highest BCUT2D eigenvalue weighted by Gasteiger charge is 2.13. The second kappa shape index (κ2) is 8.11. The Kier molecular flexibility index (Phi) is 6.45. The highest BCUT2D eigenvalue weighted by molar-refractivity contribution is 7.17. The molecule has 0 aliphatic carbocycles. The molecule has 1 aromatic heterocycles. The average Bonchev–Trinajstić information content (AvgIpc) is 2.93. The largest absolute Gasteiger partial charge is 0.386 e. The summed E-state index contributed by atoms with van der Waals surface area (Å²) in [5.74, 6) is 0. The van der Waals surface area contributed by atoms with E-state index in [4.69, 9.17) is 16.3 Å². The van der Waals surface area contributed by atoms with Crippen molar-refractivity contribution in [1.82, 2.24) is 4.90 Å². The lowest BCUT2D eigenvalue weighted by atomic mass is 10.1. The van der Waals surface area contributed by atoms with Crippen LogP contribution in [-0.2, 0) is 4.74 Å². The van der Waals surface area contributed by atoms with E-state index < -0.39 is 6.10 Å². The molecule has 116 valence electrons. The normalized spacial score (nSPS) is 13.2.